The molecule has 0 fully saturated rings. The molecule has 6 heteroatoms. The van der Waals surface area contributed by atoms with Crippen LogP contribution in [0.1, 0.15) is 20.3 Å². The summed E-state index contributed by atoms with van der Waals surface area (Å²) in [6.07, 6.45) is 0.468. The van der Waals surface area contributed by atoms with Crippen LogP contribution in [0.25, 0.3) is 0 Å². The molecule has 1 N–H and O–H groups in total. The van der Waals surface area contributed by atoms with E-state index in [1.54, 1.807) is 0 Å². The Hall–Kier alpha value is -0.620. The Morgan fingerprint density at radius 2 is 1.93 bits per heavy atom. The number of rotatable bonds is 7. The Kier molecular flexibility index (Phi) is 5.82. The predicted molar refractivity (Wildman–Crippen MR) is 56.5 cm³/mol. The van der Waals surface area contributed by atoms with Crippen molar-refractivity contribution in [1.82, 2.24) is 0 Å². The number of ether oxygens (including phenoxy) is 1. The molecule has 0 heterocycles. The van der Waals surface area contributed by atoms with Gasteiger partial charge in [-0.2, -0.15) is 0 Å². The van der Waals surface area contributed by atoms with Crippen molar-refractivity contribution in [3.8, 4) is 0 Å². The second-order valence-electron chi connectivity index (χ2n) is 3.83. The number of hydrogen-bond donors (Lipinski definition) is 1. The first-order valence-electron chi connectivity index (χ1n) is 4.74. The third-order valence-corrected chi connectivity index (χ3v) is 4.02. The number of sulfone groups is 1. The van der Waals surface area contributed by atoms with E-state index in [0.717, 1.165) is 0 Å². The van der Waals surface area contributed by atoms with Crippen molar-refractivity contribution < 1.29 is 23.1 Å². The van der Waals surface area contributed by atoms with Gasteiger partial charge in [-0.15, -0.1) is 0 Å². The van der Waals surface area contributed by atoms with E-state index in [4.69, 9.17) is 5.11 Å². The average Bonchev–Trinajstić information content (AvgIpc) is 2.10. The lowest BCUT2D eigenvalue weighted by Crippen LogP contribution is -2.36. The molecular formula is C9H18O5S. The van der Waals surface area contributed by atoms with Crippen molar-refractivity contribution in [2.75, 3.05) is 19.5 Å². The Bertz CT molecular complexity index is 294. The summed E-state index contributed by atoms with van der Waals surface area (Å²) in [6, 6.07) is 0. The Morgan fingerprint density at radius 3 is 2.27 bits per heavy atom. The van der Waals surface area contributed by atoms with Crippen molar-refractivity contribution in [1.29, 1.82) is 0 Å². The largest absolute Gasteiger partial charge is 0.480 e. The molecule has 0 aromatic heterocycles. The summed E-state index contributed by atoms with van der Waals surface area (Å²) >= 11 is 0. The number of carbonyl (C=O) groups is 1. The van der Waals surface area contributed by atoms with Gasteiger partial charge in [0, 0.05) is 7.11 Å². The average molecular weight is 238 g/mol. The van der Waals surface area contributed by atoms with Crippen LogP contribution in [0.5, 0.6) is 0 Å². The first kappa shape index (κ1) is 14.4. The predicted octanol–water partition coefficient (Wildman–Crippen LogP) is 0.547. The first-order chi connectivity index (χ1) is 6.81. The molecule has 0 aliphatic heterocycles. The molecule has 0 aliphatic carbocycles. The molecule has 1 unspecified atom stereocenters. The molecule has 0 saturated heterocycles. The van der Waals surface area contributed by atoms with Crippen LogP contribution >= 0.6 is 0 Å². The fourth-order valence-corrected chi connectivity index (χ4v) is 2.76. The highest BCUT2D eigenvalue weighted by Crippen LogP contribution is 2.09. The molecule has 0 aromatic rings. The van der Waals surface area contributed by atoms with Crippen molar-refractivity contribution in [2.45, 2.75) is 25.5 Å². The number of carboxylic acid groups (broad SMARTS) is 1. The molecule has 90 valence electrons. The molecule has 15 heavy (non-hydrogen) atoms. The quantitative estimate of drug-likeness (QED) is 0.700. The van der Waals surface area contributed by atoms with Gasteiger partial charge < -0.3 is 9.84 Å². The SMILES string of the molecule is COCC(C(=O)O)S(=O)(=O)CCC(C)C. The van der Waals surface area contributed by atoms with E-state index in [0.29, 0.717) is 6.42 Å². The Morgan fingerprint density at radius 1 is 1.40 bits per heavy atom. The third kappa shape index (κ3) is 5.13. The zero-order valence-corrected chi connectivity index (χ0v) is 10.1. The molecule has 0 saturated carbocycles. The van der Waals surface area contributed by atoms with E-state index >= 15 is 0 Å². The zero-order chi connectivity index (χ0) is 12.1. The van der Waals surface area contributed by atoms with E-state index in [2.05, 4.69) is 4.74 Å². The highest BCUT2D eigenvalue weighted by Gasteiger charge is 2.32. The van der Waals surface area contributed by atoms with Crippen LogP contribution in [0.3, 0.4) is 0 Å². The van der Waals surface area contributed by atoms with Gasteiger partial charge in [0.1, 0.15) is 0 Å². The lowest BCUT2D eigenvalue weighted by molar-refractivity contribution is -0.137. The second kappa shape index (κ2) is 6.07. The second-order valence-corrected chi connectivity index (χ2v) is 6.13. The molecule has 0 aromatic carbocycles. The maximum absolute atomic E-state index is 11.6. The summed E-state index contributed by atoms with van der Waals surface area (Å²) in [5, 5.41) is 7.30. The maximum atomic E-state index is 11.6. The highest BCUT2D eigenvalue weighted by molar-refractivity contribution is 7.92. The van der Waals surface area contributed by atoms with E-state index in [1.807, 2.05) is 13.8 Å². The molecule has 0 aliphatic rings. The third-order valence-electron chi connectivity index (χ3n) is 2.01. The van der Waals surface area contributed by atoms with Gasteiger partial charge in [-0.1, -0.05) is 13.8 Å². The van der Waals surface area contributed by atoms with E-state index in [9.17, 15) is 13.2 Å². The first-order valence-corrected chi connectivity index (χ1v) is 6.46. The van der Waals surface area contributed by atoms with Gasteiger partial charge in [-0.05, 0) is 12.3 Å². The Labute approximate surface area is 90.4 Å². The van der Waals surface area contributed by atoms with Crippen LogP contribution < -0.4 is 0 Å². The molecular weight excluding hydrogens is 220 g/mol. The fraction of sp³-hybridized carbons (Fsp3) is 0.889. The minimum absolute atomic E-state index is 0.106. The standard InChI is InChI=1S/C9H18O5S/c1-7(2)4-5-15(12,13)8(6-14-3)9(10)11/h7-8H,4-6H2,1-3H3,(H,10,11). The van der Waals surface area contributed by atoms with Gasteiger partial charge in [0.2, 0.25) is 0 Å². The summed E-state index contributed by atoms with van der Waals surface area (Å²) in [6.45, 7) is 3.49. The number of hydrogen-bond acceptors (Lipinski definition) is 4. The molecule has 5 nitrogen and oxygen atoms in total. The maximum Gasteiger partial charge on any atom is 0.324 e. The van der Waals surface area contributed by atoms with Gasteiger partial charge >= 0.3 is 5.97 Å². The van der Waals surface area contributed by atoms with E-state index in [-0.39, 0.29) is 18.3 Å². The summed E-state index contributed by atoms with van der Waals surface area (Å²) < 4.78 is 27.8. The molecule has 0 radical (unpaired) electrons. The molecule has 0 amide bonds. The summed E-state index contributed by atoms with van der Waals surface area (Å²) in [4.78, 5) is 10.7. The highest BCUT2D eigenvalue weighted by atomic mass is 32.2. The minimum Gasteiger partial charge on any atom is -0.480 e. The smallest absolute Gasteiger partial charge is 0.324 e. The van der Waals surface area contributed by atoms with Gasteiger partial charge in [0.15, 0.2) is 15.1 Å². The van der Waals surface area contributed by atoms with Gasteiger partial charge in [-0.3, -0.25) is 4.79 Å². The van der Waals surface area contributed by atoms with Crippen LogP contribution in [0.15, 0.2) is 0 Å². The summed E-state index contributed by atoms with van der Waals surface area (Å²) in [5.74, 6) is -1.22. The number of aliphatic carboxylic acids is 1. The van der Waals surface area contributed by atoms with Crippen LogP contribution in [0, 0.1) is 5.92 Å². The lowest BCUT2D eigenvalue weighted by Gasteiger charge is -2.13. The molecule has 1 atom stereocenters. The molecule has 0 rings (SSSR count). The normalized spacial score (nSPS) is 14.1. The van der Waals surface area contributed by atoms with Gasteiger partial charge in [-0.25, -0.2) is 8.42 Å². The zero-order valence-electron chi connectivity index (χ0n) is 9.26. The number of carboxylic acids is 1. The fourth-order valence-electron chi connectivity index (χ4n) is 1.02. The van der Waals surface area contributed by atoms with Crippen LogP contribution in [0.2, 0.25) is 0 Å². The summed E-state index contributed by atoms with van der Waals surface area (Å²) in [7, 11) is -2.32. The molecule has 0 bridgehead atoms. The van der Waals surface area contributed by atoms with Crippen LogP contribution in [0.4, 0.5) is 0 Å². The monoisotopic (exact) mass is 238 g/mol. The minimum atomic E-state index is -3.60. The van der Waals surface area contributed by atoms with E-state index < -0.39 is 21.1 Å². The van der Waals surface area contributed by atoms with Crippen molar-refractivity contribution in [2.24, 2.45) is 5.92 Å². The number of methoxy groups -OCH3 is 1. The van der Waals surface area contributed by atoms with Crippen molar-refractivity contribution in [3.05, 3.63) is 0 Å². The topological polar surface area (TPSA) is 80.7 Å². The van der Waals surface area contributed by atoms with Crippen LogP contribution in [-0.4, -0.2) is 44.2 Å². The molecule has 0 spiro atoms. The van der Waals surface area contributed by atoms with Crippen LogP contribution in [-0.2, 0) is 19.4 Å². The lowest BCUT2D eigenvalue weighted by atomic mass is 10.2. The summed E-state index contributed by atoms with van der Waals surface area (Å²) in [5.41, 5.74) is 0. The van der Waals surface area contributed by atoms with Gasteiger partial charge in [0.05, 0.1) is 12.4 Å². The van der Waals surface area contributed by atoms with Crippen molar-refractivity contribution >= 4 is 15.8 Å². The van der Waals surface area contributed by atoms with Gasteiger partial charge in [0.25, 0.3) is 0 Å². The van der Waals surface area contributed by atoms with Crippen molar-refractivity contribution in [3.63, 3.8) is 0 Å². The Balaban J connectivity index is 4.58. The van der Waals surface area contributed by atoms with E-state index in [1.165, 1.54) is 7.11 Å².